The summed E-state index contributed by atoms with van der Waals surface area (Å²) in [5.74, 6) is -0.743. The molecule has 2 unspecified atom stereocenters. The van der Waals surface area contributed by atoms with Crippen molar-refractivity contribution < 1.29 is 34.8 Å². The fourth-order valence-electron chi connectivity index (χ4n) is 3.05. The highest BCUT2D eigenvalue weighted by molar-refractivity contribution is 7.92. The lowest BCUT2D eigenvalue weighted by atomic mass is 10.1. The van der Waals surface area contributed by atoms with Gasteiger partial charge in [0.2, 0.25) is 15.9 Å². The molecule has 0 aliphatic heterocycles. The van der Waals surface area contributed by atoms with Gasteiger partial charge in [-0.1, -0.05) is 18.2 Å². The number of rotatable bonds is 7. The number of alkyl halides is 3. The van der Waals surface area contributed by atoms with Gasteiger partial charge in [-0.25, -0.2) is 16.8 Å². The minimum Gasteiger partial charge on any atom is -0.348 e. The van der Waals surface area contributed by atoms with Crippen molar-refractivity contribution in [2.45, 2.75) is 37.0 Å². The zero-order chi connectivity index (χ0) is 24.5. The predicted molar refractivity (Wildman–Crippen MR) is 114 cm³/mol. The Morgan fingerprint density at radius 2 is 1.53 bits per heavy atom. The zero-order valence-corrected chi connectivity index (χ0v) is 19.3. The van der Waals surface area contributed by atoms with Crippen molar-refractivity contribution in [3.8, 4) is 0 Å². The number of anilines is 1. The maximum Gasteiger partial charge on any atom is 0.416 e. The van der Waals surface area contributed by atoms with Gasteiger partial charge in [0, 0.05) is 6.26 Å². The number of hydrogen-bond donors (Lipinski definition) is 1. The van der Waals surface area contributed by atoms with Crippen LogP contribution in [0.2, 0.25) is 0 Å². The van der Waals surface area contributed by atoms with Gasteiger partial charge in [0.1, 0.15) is 6.04 Å². The topological polar surface area (TPSA) is 101 Å². The molecular weight excluding hydrogens is 469 g/mol. The number of carbonyl (C=O) groups excluding carboxylic acids is 1. The van der Waals surface area contributed by atoms with Crippen LogP contribution in [0.15, 0.2) is 53.4 Å². The van der Waals surface area contributed by atoms with E-state index in [0.29, 0.717) is 15.9 Å². The molecule has 0 aliphatic rings. The number of sulfone groups is 1. The molecule has 1 amide bonds. The molecule has 1 N–H and O–H groups in total. The molecule has 0 heterocycles. The number of nitrogens with zero attached hydrogens (tertiary/aromatic N) is 1. The first-order chi connectivity index (χ1) is 14.5. The Balaban J connectivity index is 2.29. The molecular formula is C20H23F3N2O5S2. The van der Waals surface area contributed by atoms with Crippen molar-refractivity contribution in [1.82, 2.24) is 5.32 Å². The molecule has 0 bridgehead atoms. The molecule has 2 atom stereocenters. The van der Waals surface area contributed by atoms with Crippen LogP contribution >= 0.6 is 0 Å². The number of amides is 1. The molecule has 0 spiro atoms. The summed E-state index contributed by atoms with van der Waals surface area (Å²) in [7, 11) is -7.50. The standard InChI is InChI=1S/C20H23F3N2O5S2/c1-13(15-8-10-18(11-9-15)31(3,27)28)24-19(26)14(2)25(32(4,29)30)17-7-5-6-16(12-17)20(21,22)23/h5-14H,1-4H3,(H,24,26). The Kier molecular flexibility index (Phi) is 7.30. The first-order valence-electron chi connectivity index (χ1n) is 9.29. The van der Waals surface area contributed by atoms with E-state index in [4.69, 9.17) is 0 Å². The second-order valence-electron chi connectivity index (χ2n) is 7.35. The highest BCUT2D eigenvalue weighted by Gasteiger charge is 2.34. The van der Waals surface area contributed by atoms with Crippen LogP contribution < -0.4 is 9.62 Å². The van der Waals surface area contributed by atoms with Crippen LogP contribution in [0.5, 0.6) is 0 Å². The Labute approximate surface area is 185 Å². The van der Waals surface area contributed by atoms with Crippen LogP contribution in [-0.2, 0) is 30.8 Å². The molecule has 176 valence electrons. The summed E-state index contributed by atoms with van der Waals surface area (Å²) in [6.45, 7) is 2.87. The quantitative estimate of drug-likeness (QED) is 0.640. The summed E-state index contributed by atoms with van der Waals surface area (Å²) < 4.78 is 87.6. The Morgan fingerprint density at radius 1 is 0.969 bits per heavy atom. The molecule has 0 saturated heterocycles. The highest BCUT2D eigenvalue weighted by Crippen LogP contribution is 2.33. The van der Waals surface area contributed by atoms with Crippen molar-refractivity contribution in [2.75, 3.05) is 16.8 Å². The Hall–Kier alpha value is -2.60. The second kappa shape index (κ2) is 9.10. The molecule has 32 heavy (non-hydrogen) atoms. The van der Waals surface area contributed by atoms with Gasteiger partial charge >= 0.3 is 6.18 Å². The average molecular weight is 493 g/mol. The summed E-state index contributed by atoms with van der Waals surface area (Å²) in [4.78, 5) is 12.9. The van der Waals surface area contributed by atoms with Gasteiger partial charge in [0.25, 0.3) is 0 Å². The number of hydrogen-bond acceptors (Lipinski definition) is 5. The summed E-state index contributed by atoms with van der Waals surface area (Å²) in [5, 5.41) is 2.60. The minimum atomic E-state index is -4.68. The first-order valence-corrected chi connectivity index (χ1v) is 13.0. The van der Waals surface area contributed by atoms with E-state index in [2.05, 4.69) is 5.32 Å². The smallest absolute Gasteiger partial charge is 0.348 e. The SMILES string of the molecule is CC(NC(=O)C(C)N(c1cccc(C(F)(F)F)c1)S(C)(=O)=O)c1ccc(S(C)(=O)=O)cc1. The number of carbonyl (C=O) groups is 1. The monoisotopic (exact) mass is 492 g/mol. The van der Waals surface area contributed by atoms with Crippen LogP contribution in [0.4, 0.5) is 18.9 Å². The van der Waals surface area contributed by atoms with Crippen LogP contribution in [-0.4, -0.2) is 41.3 Å². The summed E-state index contributed by atoms with van der Waals surface area (Å²) >= 11 is 0. The average Bonchev–Trinajstić information content (AvgIpc) is 2.66. The van der Waals surface area contributed by atoms with Crippen molar-refractivity contribution in [3.63, 3.8) is 0 Å². The van der Waals surface area contributed by atoms with E-state index in [9.17, 15) is 34.8 Å². The molecule has 0 aliphatic carbocycles. The van der Waals surface area contributed by atoms with E-state index in [1.807, 2.05) is 0 Å². The molecule has 2 aromatic carbocycles. The van der Waals surface area contributed by atoms with Gasteiger partial charge in [-0.3, -0.25) is 9.10 Å². The predicted octanol–water partition coefficient (Wildman–Crippen LogP) is 3.14. The molecule has 2 rings (SSSR count). The third kappa shape index (κ3) is 6.22. The van der Waals surface area contributed by atoms with Gasteiger partial charge < -0.3 is 5.32 Å². The van der Waals surface area contributed by atoms with Crippen molar-refractivity contribution in [2.24, 2.45) is 0 Å². The van der Waals surface area contributed by atoms with Gasteiger partial charge in [-0.2, -0.15) is 13.2 Å². The number of halogens is 3. The summed E-state index contributed by atoms with van der Waals surface area (Å²) in [6.07, 6.45) is -2.83. The third-order valence-corrected chi connectivity index (χ3v) is 7.05. The molecule has 2 aromatic rings. The first kappa shape index (κ1) is 25.7. The van der Waals surface area contributed by atoms with E-state index in [-0.39, 0.29) is 10.6 Å². The lowest BCUT2D eigenvalue weighted by Gasteiger charge is -2.29. The van der Waals surface area contributed by atoms with Gasteiger partial charge in [-0.05, 0) is 49.7 Å². The fourth-order valence-corrected chi connectivity index (χ4v) is 4.85. The fraction of sp³-hybridized carbons (Fsp3) is 0.350. The number of sulfonamides is 1. The molecule has 0 fully saturated rings. The van der Waals surface area contributed by atoms with E-state index in [1.165, 1.54) is 37.3 Å². The Bertz CT molecular complexity index is 1190. The maximum atomic E-state index is 13.1. The van der Waals surface area contributed by atoms with Gasteiger partial charge in [-0.15, -0.1) is 0 Å². The molecule has 0 aromatic heterocycles. The molecule has 0 radical (unpaired) electrons. The number of benzene rings is 2. The third-order valence-electron chi connectivity index (χ3n) is 4.68. The van der Waals surface area contributed by atoms with Crippen molar-refractivity contribution in [1.29, 1.82) is 0 Å². The largest absolute Gasteiger partial charge is 0.416 e. The lowest BCUT2D eigenvalue weighted by molar-refractivity contribution is -0.137. The normalized spacial score (nSPS) is 14.5. The van der Waals surface area contributed by atoms with Gasteiger partial charge in [0.05, 0.1) is 28.4 Å². The lowest BCUT2D eigenvalue weighted by Crippen LogP contribution is -2.48. The highest BCUT2D eigenvalue weighted by atomic mass is 32.2. The van der Waals surface area contributed by atoms with E-state index < -0.39 is 49.6 Å². The van der Waals surface area contributed by atoms with Crippen molar-refractivity contribution in [3.05, 3.63) is 59.7 Å². The maximum absolute atomic E-state index is 13.1. The van der Waals surface area contributed by atoms with Crippen LogP contribution in [0.25, 0.3) is 0 Å². The molecule has 12 heteroatoms. The van der Waals surface area contributed by atoms with Crippen LogP contribution in [0, 0.1) is 0 Å². The van der Waals surface area contributed by atoms with E-state index >= 15 is 0 Å². The van der Waals surface area contributed by atoms with Crippen LogP contribution in [0.3, 0.4) is 0 Å². The number of nitrogens with one attached hydrogen (secondary N) is 1. The summed E-state index contributed by atoms with van der Waals surface area (Å²) in [6, 6.07) is 7.49. The second-order valence-corrected chi connectivity index (χ2v) is 11.2. The van der Waals surface area contributed by atoms with Crippen molar-refractivity contribution >= 4 is 31.5 Å². The minimum absolute atomic E-state index is 0.0981. The zero-order valence-electron chi connectivity index (χ0n) is 17.7. The molecule has 0 saturated carbocycles. The summed E-state index contributed by atoms with van der Waals surface area (Å²) in [5.41, 5.74) is -0.784. The van der Waals surface area contributed by atoms with Crippen LogP contribution in [0.1, 0.15) is 31.0 Å². The van der Waals surface area contributed by atoms with Gasteiger partial charge in [0.15, 0.2) is 9.84 Å². The van der Waals surface area contributed by atoms with E-state index in [1.54, 1.807) is 6.92 Å². The van der Waals surface area contributed by atoms with E-state index in [0.717, 1.165) is 24.6 Å². The Morgan fingerprint density at radius 3 is 2.00 bits per heavy atom. The molecule has 7 nitrogen and oxygen atoms in total.